The SMILES string of the molecule is CCc1ccccc1N1C(=O)/C(=C\c2cn(CC(=O)Nc3ccccc3)c3ccccc23)C(=O)NC1=S. The van der Waals surface area contributed by atoms with Crippen LogP contribution in [0, 0.1) is 0 Å². The van der Waals surface area contributed by atoms with E-state index < -0.39 is 11.8 Å². The number of carbonyl (C=O) groups is 3. The van der Waals surface area contributed by atoms with Crippen LogP contribution in [0.3, 0.4) is 0 Å². The Morgan fingerprint density at radius 2 is 1.68 bits per heavy atom. The third kappa shape index (κ3) is 4.79. The number of nitrogens with one attached hydrogen (secondary N) is 2. The fourth-order valence-electron chi connectivity index (χ4n) is 4.46. The standard InChI is InChI=1S/C29H24N4O3S/c1-2-19-10-6-8-14-24(19)33-28(36)23(27(35)31-29(33)37)16-20-17-32(25-15-9-7-13-22(20)25)18-26(34)30-21-11-4-3-5-12-21/h3-17H,2,18H2,1H3,(H,30,34)(H,31,35,37)/b23-16-. The molecule has 7 nitrogen and oxygen atoms in total. The first-order chi connectivity index (χ1) is 18.0. The van der Waals surface area contributed by atoms with Crippen molar-refractivity contribution in [3.05, 3.63) is 102 Å². The molecule has 0 spiro atoms. The summed E-state index contributed by atoms with van der Waals surface area (Å²) >= 11 is 5.37. The second kappa shape index (κ2) is 10.2. The number of nitrogens with zero attached hydrogens (tertiary/aromatic N) is 2. The van der Waals surface area contributed by atoms with Crippen molar-refractivity contribution in [2.75, 3.05) is 10.2 Å². The van der Waals surface area contributed by atoms with Gasteiger partial charge in [0.25, 0.3) is 11.8 Å². The Kier molecular flexibility index (Phi) is 6.66. The van der Waals surface area contributed by atoms with Crippen LogP contribution in [0.2, 0.25) is 0 Å². The number of rotatable bonds is 6. The molecular weight excluding hydrogens is 484 g/mol. The molecule has 0 radical (unpaired) electrons. The van der Waals surface area contributed by atoms with Gasteiger partial charge < -0.3 is 9.88 Å². The van der Waals surface area contributed by atoms with Crippen LogP contribution in [0.15, 0.2) is 90.6 Å². The molecule has 0 saturated carbocycles. The Balaban J connectivity index is 1.50. The molecular formula is C29H24N4O3S. The topological polar surface area (TPSA) is 83.4 Å². The van der Waals surface area contributed by atoms with Crippen molar-refractivity contribution in [1.29, 1.82) is 0 Å². The molecule has 1 aliphatic rings. The van der Waals surface area contributed by atoms with E-state index in [1.165, 1.54) is 4.90 Å². The van der Waals surface area contributed by atoms with Crippen molar-refractivity contribution in [1.82, 2.24) is 9.88 Å². The average molecular weight is 509 g/mol. The minimum atomic E-state index is -0.557. The van der Waals surface area contributed by atoms with Crippen LogP contribution < -0.4 is 15.5 Å². The van der Waals surface area contributed by atoms with Gasteiger partial charge >= 0.3 is 0 Å². The molecule has 1 aliphatic heterocycles. The lowest BCUT2D eigenvalue weighted by atomic mass is 10.0. The summed E-state index contributed by atoms with van der Waals surface area (Å²) in [5.74, 6) is -1.24. The molecule has 3 amide bonds. The Hall–Kier alpha value is -4.56. The summed E-state index contributed by atoms with van der Waals surface area (Å²) in [5.41, 5.74) is 3.72. The van der Waals surface area contributed by atoms with Gasteiger partial charge in [0.1, 0.15) is 12.1 Å². The van der Waals surface area contributed by atoms with Crippen LogP contribution in [0.4, 0.5) is 11.4 Å². The summed E-state index contributed by atoms with van der Waals surface area (Å²) in [4.78, 5) is 40.6. The van der Waals surface area contributed by atoms with Crippen LogP contribution in [0.5, 0.6) is 0 Å². The van der Waals surface area contributed by atoms with Gasteiger partial charge in [0.15, 0.2) is 5.11 Å². The van der Waals surface area contributed by atoms with Crippen molar-refractivity contribution in [2.45, 2.75) is 19.9 Å². The van der Waals surface area contributed by atoms with E-state index in [-0.39, 0.29) is 23.1 Å². The van der Waals surface area contributed by atoms with Crippen LogP contribution >= 0.6 is 12.2 Å². The lowest BCUT2D eigenvalue weighted by Gasteiger charge is -2.30. The van der Waals surface area contributed by atoms with E-state index in [9.17, 15) is 14.4 Å². The van der Waals surface area contributed by atoms with Crippen LogP contribution in [-0.4, -0.2) is 27.4 Å². The number of aryl methyl sites for hydroxylation is 1. The van der Waals surface area contributed by atoms with Gasteiger partial charge in [0, 0.05) is 28.4 Å². The highest BCUT2D eigenvalue weighted by molar-refractivity contribution is 7.80. The smallest absolute Gasteiger partial charge is 0.270 e. The molecule has 0 bridgehead atoms. The maximum atomic E-state index is 13.6. The van der Waals surface area contributed by atoms with E-state index in [1.807, 2.05) is 85.8 Å². The minimum Gasteiger partial charge on any atom is -0.337 e. The molecule has 37 heavy (non-hydrogen) atoms. The van der Waals surface area contributed by atoms with Gasteiger partial charge in [-0.15, -0.1) is 0 Å². The molecule has 2 heterocycles. The number of carbonyl (C=O) groups excluding carboxylic acids is 3. The number of aromatic nitrogens is 1. The molecule has 184 valence electrons. The Morgan fingerprint density at radius 1 is 0.973 bits per heavy atom. The first kappa shape index (κ1) is 24.1. The molecule has 0 unspecified atom stereocenters. The number of amides is 3. The zero-order valence-electron chi connectivity index (χ0n) is 20.1. The number of hydrogen-bond acceptors (Lipinski definition) is 4. The Bertz CT molecular complexity index is 1570. The molecule has 2 N–H and O–H groups in total. The highest BCUT2D eigenvalue weighted by Gasteiger charge is 2.35. The lowest BCUT2D eigenvalue weighted by molar-refractivity contribution is -0.122. The van der Waals surface area contributed by atoms with Gasteiger partial charge in [-0.2, -0.15) is 0 Å². The minimum absolute atomic E-state index is 0.0313. The summed E-state index contributed by atoms with van der Waals surface area (Å²) < 4.78 is 1.81. The third-order valence-electron chi connectivity index (χ3n) is 6.21. The second-order valence-corrected chi connectivity index (χ2v) is 8.97. The Morgan fingerprint density at radius 3 is 2.46 bits per heavy atom. The zero-order valence-corrected chi connectivity index (χ0v) is 20.9. The van der Waals surface area contributed by atoms with Gasteiger partial charge in [0.05, 0.1) is 5.69 Å². The number of fused-ring (bicyclic) bond motifs is 1. The van der Waals surface area contributed by atoms with Gasteiger partial charge in [0.2, 0.25) is 5.91 Å². The molecule has 5 rings (SSSR count). The quantitative estimate of drug-likeness (QED) is 0.225. The Labute approximate surface area is 219 Å². The number of anilines is 2. The summed E-state index contributed by atoms with van der Waals surface area (Å²) in [5, 5.41) is 6.40. The monoisotopic (exact) mass is 508 g/mol. The van der Waals surface area contributed by atoms with Crippen molar-refractivity contribution >= 4 is 63.4 Å². The van der Waals surface area contributed by atoms with E-state index in [0.29, 0.717) is 23.4 Å². The van der Waals surface area contributed by atoms with Crippen LogP contribution in [-0.2, 0) is 27.3 Å². The summed E-state index contributed by atoms with van der Waals surface area (Å²) in [6, 6.07) is 24.3. The highest BCUT2D eigenvalue weighted by Crippen LogP contribution is 2.28. The molecule has 3 aromatic carbocycles. The fraction of sp³-hybridized carbons (Fsp3) is 0.103. The predicted molar refractivity (Wildman–Crippen MR) is 149 cm³/mol. The van der Waals surface area contributed by atoms with Crippen molar-refractivity contribution in [2.24, 2.45) is 0 Å². The van der Waals surface area contributed by atoms with Crippen molar-refractivity contribution in [3.8, 4) is 0 Å². The molecule has 0 atom stereocenters. The highest BCUT2D eigenvalue weighted by atomic mass is 32.1. The summed E-state index contributed by atoms with van der Waals surface area (Å²) in [6.07, 6.45) is 4.04. The first-order valence-electron chi connectivity index (χ1n) is 11.9. The number of thiocarbonyl (C=S) groups is 1. The first-order valence-corrected chi connectivity index (χ1v) is 12.3. The third-order valence-corrected chi connectivity index (χ3v) is 6.49. The molecule has 0 aliphatic carbocycles. The van der Waals surface area contributed by atoms with Crippen molar-refractivity contribution in [3.63, 3.8) is 0 Å². The number of para-hydroxylation sites is 3. The normalized spacial score (nSPS) is 14.8. The summed E-state index contributed by atoms with van der Waals surface area (Å²) in [7, 11) is 0. The van der Waals surface area contributed by atoms with Gasteiger partial charge in [-0.1, -0.05) is 61.5 Å². The number of hydrogen-bond donors (Lipinski definition) is 2. The summed E-state index contributed by atoms with van der Waals surface area (Å²) in [6.45, 7) is 2.06. The van der Waals surface area contributed by atoms with E-state index in [1.54, 1.807) is 16.8 Å². The van der Waals surface area contributed by atoms with E-state index in [0.717, 1.165) is 16.5 Å². The predicted octanol–water partition coefficient (Wildman–Crippen LogP) is 4.67. The number of benzene rings is 3. The van der Waals surface area contributed by atoms with Gasteiger partial charge in [-0.3, -0.25) is 24.6 Å². The largest absolute Gasteiger partial charge is 0.337 e. The maximum Gasteiger partial charge on any atom is 0.270 e. The average Bonchev–Trinajstić information content (AvgIpc) is 3.24. The van der Waals surface area contributed by atoms with Crippen LogP contribution in [0.25, 0.3) is 17.0 Å². The molecule has 8 heteroatoms. The zero-order chi connectivity index (χ0) is 25.9. The molecule has 4 aromatic rings. The lowest BCUT2D eigenvalue weighted by Crippen LogP contribution is -2.54. The molecule has 1 saturated heterocycles. The van der Waals surface area contributed by atoms with Crippen molar-refractivity contribution < 1.29 is 14.4 Å². The van der Waals surface area contributed by atoms with E-state index >= 15 is 0 Å². The van der Waals surface area contributed by atoms with Gasteiger partial charge in [-0.05, 0) is 54.5 Å². The second-order valence-electron chi connectivity index (χ2n) is 8.58. The van der Waals surface area contributed by atoms with Crippen LogP contribution in [0.1, 0.15) is 18.1 Å². The van der Waals surface area contributed by atoms with E-state index in [2.05, 4.69) is 10.6 Å². The van der Waals surface area contributed by atoms with Gasteiger partial charge in [-0.25, -0.2) is 0 Å². The fourth-order valence-corrected chi connectivity index (χ4v) is 4.73. The molecule has 1 fully saturated rings. The molecule has 1 aromatic heterocycles. The van der Waals surface area contributed by atoms with E-state index in [4.69, 9.17) is 12.2 Å². The maximum absolute atomic E-state index is 13.6.